The topological polar surface area (TPSA) is 305 Å². The number of hydrogen-bond donors (Lipinski definition) is 7. The highest BCUT2D eigenvalue weighted by atomic mass is 32.2. The summed E-state index contributed by atoms with van der Waals surface area (Å²) < 4.78 is 101. The second-order valence-electron chi connectivity index (χ2n) is 11.2. The summed E-state index contributed by atoms with van der Waals surface area (Å²) >= 11 is 0. The highest BCUT2D eigenvalue weighted by Gasteiger charge is 2.25. The van der Waals surface area contributed by atoms with E-state index >= 15 is 0 Å². The lowest BCUT2D eigenvalue weighted by molar-refractivity contribution is 0.471. The zero-order chi connectivity index (χ0) is 37.7. The van der Waals surface area contributed by atoms with E-state index in [4.69, 9.17) is 11.5 Å². The molecule has 20 heteroatoms. The monoisotopic (exact) mass is 764 g/mol. The van der Waals surface area contributed by atoms with Gasteiger partial charge in [0.1, 0.15) is 21.2 Å². The number of benzene rings is 6. The number of nitrogens with two attached hydrogens (primary N) is 2. The van der Waals surface area contributed by atoms with Crippen LogP contribution in [0.1, 0.15) is 0 Å². The third-order valence-electron chi connectivity index (χ3n) is 7.68. The molecular formula is C32H24N6O11S3. The van der Waals surface area contributed by atoms with Crippen LogP contribution in [0.2, 0.25) is 0 Å². The van der Waals surface area contributed by atoms with Crippen LogP contribution in [0.3, 0.4) is 0 Å². The van der Waals surface area contributed by atoms with E-state index in [0.717, 1.165) is 24.3 Å². The fourth-order valence-electron chi connectivity index (χ4n) is 5.24. The number of nitrogen functional groups attached to an aromatic ring is 2. The van der Waals surface area contributed by atoms with Crippen molar-refractivity contribution in [2.75, 3.05) is 11.5 Å². The molecule has 6 aromatic rings. The Bertz CT molecular complexity index is 2850. The van der Waals surface area contributed by atoms with Gasteiger partial charge in [0.2, 0.25) is 0 Å². The van der Waals surface area contributed by atoms with Crippen molar-refractivity contribution < 1.29 is 49.1 Å². The molecule has 0 bridgehead atoms. The lowest BCUT2D eigenvalue weighted by atomic mass is 10.1. The maximum Gasteiger partial charge on any atom is 0.296 e. The average Bonchev–Trinajstić information content (AvgIpc) is 3.06. The van der Waals surface area contributed by atoms with Crippen LogP contribution in [-0.2, 0) is 30.4 Å². The molecule has 6 rings (SSSR count). The molecule has 6 aromatic carbocycles. The normalized spacial score (nSPS) is 12.8. The Morgan fingerprint density at radius 3 is 1.46 bits per heavy atom. The predicted octanol–water partition coefficient (Wildman–Crippen LogP) is 6.81. The molecule has 17 nitrogen and oxygen atoms in total. The van der Waals surface area contributed by atoms with E-state index in [1.165, 1.54) is 30.3 Å². The predicted molar refractivity (Wildman–Crippen MR) is 190 cm³/mol. The van der Waals surface area contributed by atoms with Crippen molar-refractivity contribution in [3.8, 4) is 22.6 Å². The van der Waals surface area contributed by atoms with Crippen molar-refractivity contribution in [2.45, 2.75) is 14.7 Å². The smallest absolute Gasteiger partial charge is 0.296 e. The Hall–Kier alpha value is -6.03. The molecule has 0 atom stereocenters. The summed E-state index contributed by atoms with van der Waals surface area (Å²) in [6.45, 7) is 0. The van der Waals surface area contributed by atoms with E-state index in [1.54, 1.807) is 36.4 Å². The van der Waals surface area contributed by atoms with E-state index in [-0.39, 0.29) is 33.2 Å². The Morgan fingerprint density at radius 1 is 0.500 bits per heavy atom. The van der Waals surface area contributed by atoms with Crippen LogP contribution in [0.5, 0.6) is 11.5 Å². The van der Waals surface area contributed by atoms with Gasteiger partial charge in [0.05, 0.1) is 16.3 Å². The molecular weight excluding hydrogens is 741 g/mol. The minimum absolute atomic E-state index is 0.191. The van der Waals surface area contributed by atoms with Gasteiger partial charge in [-0.05, 0) is 82.6 Å². The van der Waals surface area contributed by atoms with Gasteiger partial charge in [0.25, 0.3) is 30.4 Å². The van der Waals surface area contributed by atoms with Crippen molar-refractivity contribution in [3.63, 3.8) is 0 Å². The molecule has 0 fully saturated rings. The standard InChI is InChI=1S/C32H24N6O11S3/c33-20-6-1-18-12-26(51(44,45)46)29(31(39)24(18)14-20)37-35-21-7-2-16(3-8-21)17-4-9-22(10-5-17)36-38-30-27(52(47,48)49)13-19-11-23(50(41,42)43)15-25(34)28(19)32(30)40/h1-15,39-40H,33-34H2,(H,41,42,43)(H,44,45,46)(H,47,48,49)/b37-35+,38-36+. The Morgan fingerprint density at radius 2 is 0.981 bits per heavy atom. The quantitative estimate of drug-likeness (QED) is 0.0476. The zero-order valence-corrected chi connectivity index (χ0v) is 28.5. The largest absolute Gasteiger partial charge is 0.505 e. The maximum absolute atomic E-state index is 12.2. The van der Waals surface area contributed by atoms with Gasteiger partial charge in [-0.25, -0.2) is 0 Å². The van der Waals surface area contributed by atoms with Gasteiger partial charge in [0, 0.05) is 22.1 Å². The second-order valence-corrected chi connectivity index (χ2v) is 15.4. The highest BCUT2D eigenvalue weighted by molar-refractivity contribution is 7.86. The number of rotatable bonds is 8. The summed E-state index contributed by atoms with van der Waals surface area (Å²) in [6.07, 6.45) is 0. The van der Waals surface area contributed by atoms with Crippen LogP contribution in [-0.4, -0.2) is 49.1 Å². The van der Waals surface area contributed by atoms with Crippen molar-refractivity contribution >= 4 is 86.0 Å². The van der Waals surface area contributed by atoms with Gasteiger partial charge in [-0.3, -0.25) is 13.7 Å². The van der Waals surface area contributed by atoms with Crippen LogP contribution in [0.25, 0.3) is 32.7 Å². The number of phenols is 2. The summed E-state index contributed by atoms with van der Waals surface area (Å²) in [4.78, 5) is -2.23. The molecule has 0 saturated carbocycles. The van der Waals surface area contributed by atoms with Crippen LogP contribution in [0.15, 0.2) is 126 Å². The van der Waals surface area contributed by atoms with Gasteiger partial charge in [-0.15, -0.1) is 10.2 Å². The van der Waals surface area contributed by atoms with Crippen LogP contribution >= 0.6 is 0 Å². The zero-order valence-electron chi connectivity index (χ0n) is 26.0. The van der Waals surface area contributed by atoms with Crippen molar-refractivity contribution in [3.05, 3.63) is 91.0 Å². The first kappa shape index (κ1) is 35.8. The molecule has 9 N–H and O–H groups in total. The summed E-state index contributed by atoms with van der Waals surface area (Å²) in [5.41, 5.74) is 12.3. The molecule has 0 aromatic heterocycles. The van der Waals surface area contributed by atoms with E-state index < -0.39 is 67.9 Å². The van der Waals surface area contributed by atoms with Gasteiger partial charge in [-0.2, -0.15) is 35.5 Å². The Labute approximate surface area is 294 Å². The first-order chi connectivity index (χ1) is 24.3. The van der Waals surface area contributed by atoms with Gasteiger partial charge >= 0.3 is 0 Å². The van der Waals surface area contributed by atoms with Gasteiger partial charge in [0.15, 0.2) is 11.5 Å². The van der Waals surface area contributed by atoms with Crippen LogP contribution in [0.4, 0.5) is 34.1 Å². The number of fused-ring (bicyclic) bond motifs is 2. The van der Waals surface area contributed by atoms with E-state index in [1.807, 2.05) is 0 Å². The SMILES string of the molecule is Nc1ccc2cc(S(=O)(=O)O)c(/N=N/c3ccc(-c4ccc(/N=N/c5c(S(=O)(=O)O)cc6cc(S(=O)(=O)O)cc(N)c6c5O)cc4)cc3)c(O)c2c1. The lowest BCUT2D eigenvalue weighted by Gasteiger charge is -2.12. The maximum atomic E-state index is 12.2. The molecule has 0 amide bonds. The molecule has 0 aliphatic carbocycles. The number of hydrogen-bond acceptors (Lipinski definition) is 14. The van der Waals surface area contributed by atoms with Crippen molar-refractivity contribution in [1.29, 1.82) is 0 Å². The van der Waals surface area contributed by atoms with Crippen LogP contribution < -0.4 is 11.5 Å². The highest BCUT2D eigenvalue weighted by Crippen LogP contribution is 2.45. The fraction of sp³-hybridized carbons (Fsp3) is 0. The van der Waals surface area contributed by atoms with E-state index in [9.17, 15) is 49.1 Å². The Kier molecular flexibility index (Phi) is 8.90. The molecule has 0 saturated heterocycles. The number of aromatic hydroxyl groups is 2. The number of phenolic OH excluding ortho intramolecular Hbond substituents is 2. The lowest BCUT2D eigenvalue weighted by Crippen LogP contribution is -2.02. The number of anilines is 2. The first-order valence-electron chi connectivity index (χ1n) is 14.4. The third-order valence-corrected chi connectivity index (χ3v) is 10.2. The number of azo groups is 2. The molecule has 266 valence electrons. The van der Waals surface area contributed by atoms with Crippen molar-refractivity contribution in [2.24, 2.45) is 20.5 Å². The summed E-state index contributed by atoms with van der Waals surface area (Å²) in [7, 11) is -14.6. The molecule has 0 aliphatic rings. The third kappa shape index (κ3) is 7.10. The molecule has 0 aliphatic heterocycles. The molecule has 52 heavy (non-hydrogen) atoms. The summed E-state index contributed by atoms with van der Waals surface area (Å²) in [6, 6.07) is 20.8. The average molecular weight is 765 g/mol. The minimum atomic E-state index is -5.04. The second kappa shape index (κ2) is 12.9. The minimum Gasteiger partial charge on any atom is -0.505 e. The van der Waals surface area contributed by atoms with E-state index in [2.05, 4.69) is 20.5 Å². The van der Waals surface area contributed by atoms with Gasteiger partial charge in [-0.1, -0.05) is 30.3 Å². The summed E-state index contributed by atoms with van der Waals surface area (Å²) in [5.74, 6) is -1.37. The van der Waals surface area contributed by atoms with Gasteiger partial charge < -0.3 is 21.7 Å². The molecule has 0 radical (unpaired) electrons. The first-order valence-corrected chi connectivity index (χ1v) is 18.7. The van der Waals surface area contributed by atoms with Crippen LogP contribution in [0, 0.1) is 0 Å². The van der Waals surface area contributed by atoms with Crippen molar-refractivity contribution in [1.82, 2.24) is 0 Å². The fourth-order valence-corrected chi connectivity index (χ4v) is 7.11. The number of nitrogens with zero attached hydrogens (tertiary/aromatic N) is 4. The molecule has 0 spiro atoms. The molecule has 0 unspecified atom stereocenters. The summed E-state index contributed by atoms with van der Waals surface area (Å²) in [5, 5.41) is 37.4. The Balaban J connectivity index is 1.27. The molecule has 0 heterocycles. The van der Waals surface area contributed by atoms with E-state index in [0.29, 0.717) is 22.2 Å².